The van der Waals surface area contributed by atoms with Crippen LogP contribution in [0.15, 0.2) is 10.9 Å². The SMILES string of the molecule is CC1SCC(C(=O)O)N1C(=O)NCCc1cscn1. The fourth-order valence-electron chi connectivity index (χ4n) is 1.89. The van der Waals surface area contributed by atoms with E-state index in [0.29, 0.717) is 18.7 Å². The third kappa shape index (κ3) is 3.38. The lowest BCUT2D eigenvalue weighted by Gasteiger charge is -2.25. The van der Waals surface area contributed by atoms with E-state index in [4.69, 9.17) is 5.11 Å². The summed E-state index contributed by atoms with van der Waals surface area (Å²) in [6.07, 6.45) is 0.655. The van der Waals surface area contributed by atoms with Crippen LogP contribution in [0.2, 0.25) is 0 Å². The van der Waals surface area contributed by atoms with E-state index < -0.39 is 12.0 Å². The van der Waals surface area contributed by atoms with E-state index in [1.165, 1.54) is 28.0 Å². The van der Waals surface area contributed by atoms with Crippen LogP contribution in [0.25, 0.3) is 0 Å². The molecule has 1 aliphatic heterocycles. The van der Waals surface area contributed by atoms with Crippen LogP contribution in [0.4, 0.5) is 4.79 Å². The first-order chi connectivity index (χ1) is 9.09. The average Bonchev–Trinajstić information content (AvgIpc) is 2.98. The van der Waals surface area contributed by atoms with Gasteiger partial charge in [0.15, 0.2) is 0 Å². The first-order valence-corrected chi connectivity index (χ1v) is 7.86. The number of carbonyl (C=O) groups excluding carboxylic acids is 1. The van der Waals surface area contributed by atoms with Crippen LogP contribution in [0.1, 0.15) is 12.6 Å². The van der Waals surface area contributed by atoms with Crippen molar-refractivity contribution in [2.75, 3.05) is 12.3 Å². The number of carboxylic acids is 1. The molecule has 1 aromatic heterocycles. The van der Waals surface area contributed by atoms with Crippen molar-refractivity contribution in [2.24, 2.45) is 0 Å². The Morgan fingerprint density at radius 3 is 3.05 bits per heavy atom. The smallest absolute Gasteiger partial charge is 0.327 e. The number of hydrogen-bond acceptors (Lipinski definition) is 5. The fraction of sp³-hybridized carbons (Fsp3) is 0.545. The highest BCUT2D eigenvalue weighted by Gasteiger charge is 2.39. The molecule has 0 aromatic carbocycles. The summed E-state index contributed by atoms with van der Waals surface area (Å²) < 4.78 is 0. The number of nitrogens with one attached hydrogen (secondary N) is 1. The molecule has 0 spiro atoms. The van der Waals surface area contributed by atoms with Gasteiger partial charge in [0.1, 0.15) is 6.04 Å². The van der Waals surface area contributed by atoms with Gasteiger partial charge in [0.25, 0.3) is 0 Å². The number of thioether (sulfide) groups is 1. The molecule has 19 heavy (non-hydrogen) atoms. The maximum absolute atomic E-state index is 12.0. The van der Waals surface area contributed by atoms with Crippen LogP contribution in [0, 0.1) is 0 Å². The molecule has 6 nitrogen and oxygen atoms in total. The van der Waals surface area contributed by atoms with Crippen molar-refractivity contribution in [3.05, 3.63) is 16.6 Å². The number of aromatic nitrogens is 1. The van der Waals surface area contributed by atoms with Gasteiger partial charge >= 0.3 is 12.0 Å². The van der Waals surface area contributed by atoms with Gasteiger partial charge in [-0.05, 0) is 6.92 Å². The minimum atomic E-state index is -0.952. The summed E-state index contributed by atoms with van der Waals surface area (Å²) in [5, 5.41) is 13.7. The van der Waals surface area contributed by atoms with Crippen molar-refractivity contribution in [3.63, 3.8) is 0 Å². The van der Waals surface area contributed by atoms with Crippen molar-refractivity contribution in [1.82, 2.24) is 15.2 Å². The Morgan fingerprint density at radius 1 is 1.63 bits per heavy atom. The van der Waals surface area contributed by atoms with Gasteiger partial charge in [-0.15, -0.1) is 23.1 Å². The Balaban J connectivity index is 1.86. The molecule has 2 rings (SSSR count). The molecule has 8 heteroatoms. The number of rotatable bonds is 4. The van der Waals surface area contributed by atoms with Gasteiger partial charge in [-0.2, -0.15) is 0 Å². The van der Waals surface area contributed by atoms with Crippen molar-refractivity contribution >= 4 is 35.1 Å². The third-order valence-electron chi connectivity index (χ3n) is 2.88. The Kier molecular flexibility index (Phi) is 4.65. The maximum atomic E-state index is 12.0. The second-order valence-corrected chi connectivity index (χ2v) is 6.22. The molecule has 0 radical (unpaired) electrons. The fourth-order valence-corrected chi connectivity index (χ4v) is 3.65. The monoisotopic (exact) mass is 301 g/mol. The maximum Gasteiger partial charge on any atom is 0.327 e. The molecular weight excluding hydrogens is 286 g/mol. The lowest BCUT2D eigenvalue weighted by Crippen LogP contribution is -2.49. The van der Waals surface area contributed by atoms with Crippen LogP contribution in [0.5, 0.6) is 0 Å². The third-order valence-corrected chi connectivity index (χ3v) is 4.74. The molecule has 0 aliphatic carbocycles. The zero-order valence-electron chi connectivity index (χ0n) is 10.4. The number of nitrogens with zero attached hydrogens (tertiary/aromatic N) is 2. The summed E-state index contributed by atoms with van der Waals surface area (Å²) >= 11 is 2.99. The van der Waals surface area contributed by atoms with Gasteiger partial charge < -0.3 is 10.4 Å². The van der Waals surface area contributed by atoms with Crippen molar-refractivity contribution in [1.29, 1.82) is 0 Å². The second kappa shape index (κ2) is 6.25. The summed E-state index contributed by atoms with van der Waals surface area (Å²) in [6, 6.07) is -1.06. The Morgan fingerprint density at radius 2 is 2.42 bits per heavy atom. The number of thiazole rings is 1. The highest BCUT2D eigenvalue weighted by molar-refractivity contribution is 8.00. The van der Waals surface area contributed by atoms with E-state index in [-0.39, 0.29) is 11.4 Å². The Labute approximate surface area is 119 Å². The van der Waals surface area contributed by atoms with Crippen molar-refractivity contribution < 1.29 is 14.7 Å². The average molecular weight is 301 g/mol. The lowest BCUT2D eigenvalue weighted by molar-refractivity contribution is -0.141. The summed E-state index contributed by atoms with van der Waals surface area (Å²) in [4.78, 5) is 28.6. The number of urea groups is 1. The molecule has 2 unspecified atom stereocenters. The van der Waals surface area contributed by atoms with Crippen LogP contribution in [0.3, 0.4) is 0 Å². The van der Waals surface area contributed by atoms with Gasteiger partial charge in [-0.25, -0.2) is 14.6 Å². The molecule has 2 atom stereocenters. The van der Waals surface area contributed by atoms with Crippen molar-refractivity contribution in [3.8, 4) is 0 Å². The van der Waals surface area contributed by atoms with Crippen LogP contribution in [-0.4, -0.2) is 50.7 Å². The van der Waals surface area contributed by atoms with Gasteiger partial charge in [-0.1, -0.05) is 0 Å². The predicted molar refractivity (Wildman–Crippen MR) is 74.4 cm³/mol. The zero-order valence-corrected chi connectivity index (χ0v) is 12.0. The highest BCUT2D eigenvalue weighted by Crippen LogP contribution is 2.28. The topological polar surface area (TPSA) is 82.5 Å². The summed E-state index contributed by atoms with van der Waals surface area (Å²) in [5.74, 6) is -0.512. The van der Waals surface area contributed by atoms with E-state index in [1.54, 1.807) is 5.51 Å². The van der Waals surface area contributed by atoms with Gasteiger partial charge in [0.05, 0.1) is 16.6 Å². The quantitative estimate of drug-likeness (QED) is 0.874. The summed E-state index contributed by atoms with van der Waals surface area (Å²) in [7, 11) is 0. The first-order valence-electron chi connectivity index (χ1n) is 5.87. The first kappa shape index (κ1) is 14.1. The molecule has 2 heterocycles. The van der Waals surface area contributed by atoms with Crippen molar-refractivity contribution in [2.45, 2.75) is 24.8 Å². The second-order valence-electron chi connectivity index (χ2n) is 4.16. The number of hydrogen-bond donors (Lipinski definition) is 2. The number of carbonyl (C=O) groups is 2. The summed E-state index contributed by atoms with van der Waals surface area (Å²) in [6.45, 7) is 2.30. The highest BCUT2D eigenvalue weighted by atomic mass is 32.2. The molecule has 1 saturated heterocycles. The zero-order chi connectivity index (χ0) is 13.8. The summed E-state index contributed by atoms with van der Waals surface area (Å²) in [5.41, 5.74) is 2.68. The minimum Gasteiger partial charge on any atom is -0.480 e. The number of amides is 2. The number of carboxylic acid groups (broad SMARTS) is 1. The molecule has 1 aliphatic rings. The van der Waals surface area contributed by atoms with Gasteiger partial charge in [-0.3, -0.25) is 4.90 Å². The van der Waals surface area contributed by atoms with Gasteiger partial charge in [0.2, 0.25) is 0 Å². The Hall–Kier alpha value is -1.28. The van der Waals surface area contributed by atoms with E-state index >= 15 is 0 Å². The van der Waals surface area contributed by atoms with E-state index in [1.807, 2.05) is 12.3 Å². The molecular formula is C11H15N3O3S2. The van der Waals surface area contributed by atoms with Crippen LogP contribution in [-0.2, 0) is 11.2 Å². The predicted octanol–water partition coefficient (Wildman–Crippen LogP) is 1.24. The van der Waals surface area contributed by atoms with E-state index in [2.05, 4.69) is 10.3 Å². The number of aliphatic carboxylic acids is 1. The normalized spacial score (nSPS) is 22.5. The van der Waals surface area contributed by atoms with Crippen LogP contribution < -0.4 is 5.32 Å². The van der Waals surface area contributed by atoms with E-state index in [9.17, 15) is 9.59 Å². The molecule has 1 fully saturated rings. The molecule has 0 bridgehead atoms. The standard InChI is InChI=1S/C11H15N3O3S2/c1-7-14(9(5-19-7)10(15)16)11(17)12-3-2-8-4-18-6-13-8/h4,6-7,9H,2-3,5H2,1H3,(H,12,17)(H,15,16). The molecule has 2 N–H and O–H groups in total. The van der Waals surface area contributed by atoms with Gasteiger partial charge in [0, 0.05) is 24.1 Å². The Bertz CT molecular complexity index is 452. The minimum absolute atomic E-state index is 0.111. The largest absolute Gasteiger partial charge is 0.480 e. The van der Waals surface area contributed by atoms with E-state index in [0.717, 1.165) is 5.69 Å². The molecule has 0 saturated carbocycles. The van der Waals surface area contributed by atoms with Crippen LogP contribution >= 0.6 is 23.1 Å². The molecule has 2 amide bonds. The lowest BCUT2D eigenvalue weighted by atomic mass is 10.3. The molecule has 1 aromatic rings. The molecule has 104 valence electrons.